The maximum absolute atomic E-state index is 11.7. The smallest absolute Gasteiger partial charge is 0.267 e. The van der Waals surface area contributed by atoms with Crippen molar-refractivity contribution in [3.8, 4) is 0 Å². The molecule has 4 nitrogen and oxygen atoms in total. The Hall–Kier alpha value is -0.810. The average molecular weight is 275 g/mol. The van der Waals surface area contributed by atoms with Gasteiger partial charge in [0.1, 0.15) is 6.73 Å². The number of hydrogen-bond donors (Lipinski definition) is 1. The second-order valence-corrected chi connectivity index (χ2v) is 4.13. The van der Waals surface area contributed by atoms with Gasteiger partial charge in [0.25, 0.3) is 5.56 Å². The molecule has 1 heterocycles. The molecule has 0 aromatic carbocycles. The highest BCUT2D eigenvalue weighted by molar-refractivity contribution is 9.10. The van der Waals surface area contributed by atoms with Crippen molar-refractivity contribution in [3.05, 3.63) is 26.6 Å². The number of hydrogen-bond acceptors (Lipinski definition) is 3. The Morgan fingerprint density at radius 2 is 2.27 bits per heavy atom. The van der Waals surface area contributed by atoms with Gasteiger partial charge in [-0.2, -0.15) is 0 Å². The summed E-state index contributed by atoms with van der Waals surface area (Å²) in [5, 5.41) is 0. The summed E-state index contributed by atoms with van der Waals surface area (Å²) < 4.78 is 7.25. The molecule has 0 atom stereocenters. The summed E-state index contributed by atoms with van der Waals surface area (Å²) in [6.45, 7) is 4.70. The van der Waals surface area contributed by atoms with Crippen LogP contribution in [0, 0.1) is 6.92 Å². The van der Waals surface area contributed by atoms with Gasteiger partial charge < -0.3 is 10.5 Å². The highest BCUT2D eigenvalue weighted by atomic mass is 79.9. The number of nitrogens with zero attached hydrogens (tertiary/aromatic N) is 1. The summed E-state index contributed by atoms with van der Waals surface area (Å²) in [7, 11) is 0. The first-order valence-corrected chi connectivity index (χ1v) is 5.60. The van der Waals surface area contributed by atoms with E-state index in [1.807, 2.05) is 6.92 Å². The largest absolute Gasteiger partial charge is 0.397 e. The molecule has 1 aromatic rings. The van der Waals surface area contributed by atoms with Crippen LogP contribution in [0.1, 0.15) is 18.9 Å². The summed E-state index contributed by atoms with van der Waals surface area (Å²) in [6.07, 6.45) is 2.54. The Morgan fingerprint density at radius 3 is 2.87 bits per heavy atom. The van der Waals surface area contributed by atoms with E-state index in [0.717, 1.165) is 12.0 Å². The Kier molecular flexibility index (Phi) is 4.35. The Balaban J connectivity index is 2.94. The van der Waals surface area contributed by atoms with E-state index in [-0.39, 0.29) is 12.3 Å². The van der Waals surface area contributed by atoms with Crippen LogP contribution in [0.25, 0.3) is 0 Å². The van der Waals surface area contributed by atoms with Crippen molar-refractivity contribution in [1.29, 1.82) is 0 Å². The van der Waals surface area contributed by atoms with Crippen molar-refractivity contribution in [1.82, 2.24) is 4.57 Å². The Bertz CT molecular complexity index is 401. The number of aromatic nitrogens is 1. The lowest BCUT2D eigenvalue weighted by Crippen LogP contribution is -2.23. The minimum absolute atomic E-state index is 0.113. The Labute approximate surface area is 97.2 Å². The minimum atomic E-state index is -0.113. The van der Waals surface area contributed by atoms with E-state index in [1.165, 1.54) is 4.57 Å². The molecular weight excluding hydrogens is 260 g/mol. The highest BCUT2D eigenvalue weighted by Gasteiger charge is 2.07. The van der Waals surface area contributed by atoms with E-state index in [4.69, 9.17) is 10.5 Å². The molecule has 0 aliphatic heterocycles. The third kappa shape index (κ3) is 2.82. The molecule has 0 amide bonds. The third-order valence-electron chi connectivity index (χ3n) is 2.08. The quantitative estimate of drug-likeness (QED) is 0.854. The van der Waals surface area contributed by atoms with Gasteiger partial charge in [0.2, 0.25) is 0 Å². The van der Waals surface area contributed by atoms with E-state index in [2.05, 4.69) is 15.9 Å². The summed E-state index contributed by atoms with van der Waals surface area (Å²) in [5.41, 5.74) is 6.99. The molecule has 1 aromatic heterocycles. The van der Waals surface area contributed by atoms with Crippen LogP contribution in [-0.4, -0.2) is 11.2 Å². The predicted octanol–water partition coefficient (Wildman–Crippen LogP) is 1.89. The minimum Gasteiger partial charge on any atom is -0.397 e. The predicted molar refractivity (Wildman–Crippen MR) is 63.8 cm³/mol. The number of ether oxygens (including phenoxy) is 1. The molecule has 0 bridgehead atoms. The number of anilines is 1. The molecular formula is C10H15BrN2O2. The first-order chi connectivity index (χ1) is 7.07. The molecule has 0 radical (unpaired) electrons. The number of nitrogen functional groups attached to an aromatic ring is 1. The molecule has 5 heteroatoms. The standard InChI is InChI=1S/C10H15BrN2O2/c1-3-4-15-6-13-5-8(12)7(2)9(11)10(13)14/h5H,3-4,6,12H2,1-2H3. The molecule has 0 spiro atoms. The zero-order valence-electron chi connectivity index (χ0n) is 8.92. The Morgan fingerprint density at radius 1 is 1.60 bits per heavy atom. The molecule has 15 heavy (non-hydrogen) atoms. The van der Waals surface area contributed by atoms with E-state index in [9.17, 15) is 4.79 Å². The zero-order chi connectivity index (χ0) is 11.4. The van der Waals surface area contributed by atoms with Crippen LogP contribution >= 0.6 is 15.9 Å². The maximum atomic E-state index is 11.7. The summed E-state index contributed by atoms with van der Waals surface area (Å²) >= 11 is 3.22. The summed E-state index contributed by atoms with van der Waals surface area (Å²) in [4.78, 5) is 11.7. The summed E-state index contributed by atoms with van der Waals surface area (Å²) in [6, 6.07) is 0. The molecule has 0 unspecified atom stereocenters. The van der Waals surface area contributed by atoms with Crippen LogP contribution in [0.2, 0.25) is 0 Å². The van der Waals surface area contributed by atoms with Crippen LogP contribution in [0.3, 0.4) is 0 Å². The lowest BCUT2D eigenvalue weighted by Gasteiger charge is -2.10. The van der Waals surface area contributed by atoms with Crippen LogP contribution in [0.5, 0.6) is 0 Å². The van der Waals surface area contributed by atoms with Gasteiger partial charge in [-0.15, -0.1) is 0 Å². The first-order valence-electron chi connectivity index (χ1n) is 4.80. The molecule has 0 fully saturated rings. The summed E-state index contributed by atoms with van der Waals surface area (Å²) in [5.74, 6) is 0. The van der Waals surface area contributed by atoms with Crippen LogP contribution < -0.4 is 11.3 Å². The van der Waals surface area contributed by atoms with Gasteiger partial charge in [-0.05, 0) is 34.8 Å². The van der Waals surface area contributed by atoms with Gasteiger partial charge in [0.15, 0.2) is 0 Å². The normalized spacial score (nSPS) is 10.6. The number of halogens is 1. The fraction of sp³-hybridized carbons (Fsp3) is 0.500. The van der Waals surface area contributed by atoms with Crippen molar-refractivity contribution >= 4 is 21.6 Å². The first kappa shape index (κ1) is 12.3. The van der Waals surface area contributed by atoms with Gasteiger partial charge in [-0.3, -0.25) is 9.36 Å². The lowest BCUT2D eigenvalue weighted by atomic mass is 10.2. The lowest BCUT2D eigenvalue weighted by molar-refractivity contribution is 0.0751. The average Bonchev–Trinajstić information content (AvgIpc) is 2.23. The zero-order valence-corrected chi connectivity index (χ0v) is 10.5. The fourth-order valence-electron chi connectivity index (χ4n) is 1.14. The van der Waals surface area contributed by atoms with Crippen LogP contribution in [0.15, 0.2) is 15.5 Å². The van der Waals surface area contributed by atoms with E-state index < -0.39 is 0 Å². The van der Waals surface area contributed by atoms with Crippen molar-refractivity contribution in [2.24, 2.45) is 0 Å². The number of rotatable bonds is 4. The number of pyridine rings is 1. The fourth-order valence-corrected chi connectivity index (χ4v) is 1.60. The molecule has 2 N–H and O–H groups in total. The van der Waals surface area contributed by atoms with Crippen LogP contribution in [-0.2, 0) is 11.5 Å². The van der Waals surface area contributed by atoms with Crippen molar-refractivity contribution < 1.29 is 4.74 Å². The molecule has 0 saturated carbocycles. The second kappa shape index (κ2) is 5.32. The van der Waals surface area contributed by atoms with Gasteiger partial charge in [0, 0.05) is 12.8 Å². The number of nitrogens with two attached hydrogens (primary N) is 1. The molecule has 0 aliphatic carbocycles. The van der Waals surface area contributed by atoms with Gasteiger partial charge in [-0.25, -0.2) is 0 Å². The van der Waals surface area contributed by atoms with Gasteiger partial charge in [0.05, 0.1) is 10.2 Å². The van der Waals surface area contributed by atoms with Crippen molar-refractivity contribution in [3.63, 3.8) is 0 Å². The van der Waals surface area contributed by atoms with Crippen LogP contribution in [0.4, 0.5) is 5.69 Å². The van der Waals surface area contributed by atoms with Crippen molar-refractivity contribution in [2.45, 2.75) is 27.0 Å². The molecule has 0 aliphatic rings. The van der Waals surface area contributed by atoms with E-state index in [1.54, 1.807) is 13.1 Å². The maximum Gasteiger partial charge on any atom is 0.267 e. The second-order valence-electron chi connectivity index (χ2n) is 3.34. The van der Waals surface area contributed by atoms with Gasteiger partial charge >= 0.3 is 0 Å². The topological polar surface area (TPSA) is 57.2 Å². The molecule has 0 saturated heterocycles. The van der Waals surface area contributed by atoms with Crippen molar-refractivity contribution in [2.75, 3.05) is 12.3 Å². The third-order valence-corrected chi connectivity index (χ3v) is 3.02. The van der Waals surface area contributed by atoms with E-state index in [0.29, 0.717) is 16.8 Å². The highest BCUT2D eigenvalue weighted by Crippen LogP contribution is 2.16. The monoisotopic (exact) mass is 274 g/mol. The van der Waals surface area contributed by atoms with E-state index >= 15 is 0 Å². The van der Waals surface area contributed by atoms with Gasteiger partial charge in [-0.1, -0.05) is 6.92 Å². The molecule has 1 rings (SSSR count). The molecule has 84 valence electrons. The SMILES string of the molecule is CCCOCn1cc(N)c(C)c(Br)c1=O.